The molecule has 0 atom stereocenters. The zero-order valence-corrected chi connectivity index (χ0v) is 17.7. The molecule has 2 rings (SSSR count). The number of ether oxygens (including phenoxy) is 1. The highest BCUT2D eigenvalue weighted by Crippen LogP contribution is 2.22. The van der Waals surface area contributed by atoms with Crippen molar-refractivity contribution in [1.29, 1.82) is 0 Å². The van der Waals surface area contributed by atoms with E-state index in [4.69, 9.17) is 9.15 Å². The van der Waals surface area contributed by atoms with Gasteiger partial charge in [0.1, 0.15) is 17.1 Å². The molecule has 138 valence electrons. The summed E-state index contributed by atoms with van der Waals surface area (Å²) in [4.78, 5) is 4.25. The quantitative estimate of drug-likeness (QED) is 0.392. The van der Waals surface area contributed by atoms with Crippen LogP contribution < -0.4 is 15.4 Å². The molecule has 25 heavy (non-hydrogen) atoms. The monoisotopic (exact) mass is 457 g/mol. The van der Waals surface area contributed by atoms with Gasteiger partial charge in [-0.1, -0.05) is 18.2 Å². The molecule has 0 aliphatic rings. The molecule has 5 nitrogen and oxygen atoms in total. The maximum atomic E-state index is 6.02. The number of nitrogens with one attached hydrogen (secondary N) is 2. The summed E-state index contributed by atoms with van der Waals surface area (Å²) in [6, 6.07) is 11.9. The third kappa shape index (κ3) is 7.81. The lowest BCUT2D eigenvalue weighted by molar-refractivity contribution is 0.129. The Morgan fingerprint density at radius 3 is 2.52 bits per heavy atom. The van der Waals surface area contributed by atoms with E-state index in [1.807, 2.05) is 51.1 Å². The number of nitrogens with zero attached hydrogens (tertiary/aromatic N) is 1. The Morgan fingerprint density at radius 2 is 1.88 bits per heavy atom. The minimum Gasteiger partial charge on any atom is -0.488 e. The second-order valence-corrected chi connectivity index (χ2v) is 6.50. The van der Waals surface area contributed by atoms with Crippen LogP contribution in [0.2, 0.25) is 0 Å². The Morgan fingerprint density at radius 1 is 1.12 bits per heavy atom. The maximum absolute atomic E-state index is 6.02. The standard InChI is InChI=1S/C19H27N3O2.HI/c1-19(2,3)24-17-10-6-5-8-15(17)14-22-18(20-4)21-12-11-16-9-7-13-23-16;/h5-10,13H,11-12,14H2,1-4H3,(H2,20,21,22);1H. The summed E-state index contributed by atoms with van der Waals surface area (Å²) in [6.07, 6.45) is 2.51. The molecule has 2 aromatic rings. The van der Waals surface area contributed by atoms with Gasteiger partial charge in [0.05, 0.1) is 6.26 Å². The van der Waals surface area contributed by atoms with Crippen LogP contribution in [0.5, 0.6) is 5.75 Å². The average Bonchev–Trinajstić information content (AvgIpc) is 3.04. The third-order valence-corrected chi connectivity index (χ3v) is 3.30. The van der Waals surface area contributed by atoms with Crippen LogP contribution in [0.4, 0.5) is 0 Å². The molecule has 0 amide bonds. The van der Waals surface area contributed by atoms with Crippen LogP contribution in [-0.4, -0.2) is 25.2 Å². The van der Waals surface area contributed by atoms with Crippen molar-refractivity contribution >= 4 is 29.9 Å². The van der Waals surface area contributed by atoms with Crippen molar-refractivity contribution < 1.29 is 9.15 Å². The van der Waals surface area contributed by atoms with Crippen LogP contribution in [-0.2, 0) is 13.0 Å². The fourth-order valence-electron chi connectivity index (χ4n) is 2.24. The Labute approximate surface area is 167 Å². The van der Waals surface area contributed by atoms with Crippen LogP contribution in [0, 0.1) is 0 Å². The summed E-state index contributed by atoms with van der Waals surface area (Å²) in [5.74, 6) is 2.61. The minimum atomic E-state index is -0.223. The number of guanidine groups is 1. The molecule has 2 N–H and O–H groups in total. The van der Waals surface area contributed by atoms with Gasteiger partial charge >= 0.3 is 0 Å². The van der Waals surface area contributed by atoms with E-state index in [1.165, 1.54) is 0 Å². The molecule has 0 fully saturated rings. The molecule has 0 aliphatic carbocycles. The normalized spacial score (nSPS) is 11.6. The fourth-order valence-corrected chi connectivity index (χ4v) is 2.24. The molecule has 0 saturated carbocycles. The number of para-hydroxylation sites is 1. The second kappa shape index (κ2) is 10.3. The van der Waals surface area contributed by atoms with E-state index in [2.05, 4.69) is 21.7 Å². The maximum Gasteiger partial charge on any atom is 0.191 e. The first-order chi connectivity index (χ1) is 11.5. The molecule has 0 radical (unpaired) electrons. The molecular formula is C19H28IN3O2. The van der Waals surface area contributed by atoms with Crippen molar-refractivity contribution in [3.63, 3.8) is 0 Å². The van der Waals surface area contributed by atoms with E-state index >= 15 is 0 Å². The van der Waals surface area contributed by atoms with Gasteiger partial charge in [0.15, 0.2) is 5.96 Å². The highest BCUT2D eigenvalue weighted by atomic mass is 127. The molecule has 1 aromatic carbocycles. The van der Waals surface area contributed by atoms with Crippen LogP contribution >= 0.6 is 24.0 Å². The molecule has 0 spiro atoms. The van der Waals surface area contributed by atoms with Crippen molar-refractivity contribution in [3.05, 3.63) is 54.0 Å². The topological polar surface area (TPSA) is 58.8 Å². The van der Waals surface area contributed by atoms with Gasteiger partial charge in [-0.25, -0.2) is 0 Å². The highest BCUT2D eigenvalue weighted by Gasteiger charge is 2.14. The molecule has 0 aliphatic heterocycles. The third-order valence-electron chi connectivity index (χ3n) is 3.30. The Bertz CT molecular complexity index is 649. The number of hydrogen-bond acceptors (Lipinski definition) is 3. The predicted octanol–water partition coefficient (Wildman–Crippen LogP) is 3.98. The smallest absolute Gasteiger partial charge is 0.191 e. The number of hydrogen-bond donors (Lipinski definition) is 2. The SMILES string of the molecule is CN=C(NCCc1ccco1)NCc1ccccc1OC(C)(C)C.I. The zero-order valence-electron chi connectivity index (χ0n) is 15.3. The summed E-state index contributed by atoms with van der Waals surface area (Å²) in [5, 5.41) is 6.60. The predicted molar refractivity (Wildman–Crippen MR) is 113 cm³/mol. The van der Waals surface area contributed by atoms with Crippen LogP contribution in [0.1, 0.15) is 32.1 Å². The lowest BCUT2D eigenvalue weighted by atomic mass is 10.1. The molecule has 0 unspecified atom stereocenters. The van der Waals surface area contributed by atoms with Gasteiger partial charge in [-0.15, -0.1) is 24.0 Å². The van der Waals surface area contributed by atoms with Gasteiger partial charge < -0.3 is 19.8 Å². The van der Waals surface area contributed by atoms with E-state index in [9.17, 15) is 0 Å². The van der Waals surface area contributed by atoms with E-state index in [0.717, 1.165) is 36.0 Å². The van der Waals surface area contributed by atoms with E-state index in [0.29, 0.717) is 6.54 Å². The van der Waals surface area contributed by atoms with E-state index in [1.54, 1.807) is 13.3 Å². The van der Waals surface area contributed by atoms with Gasteiger partial charge in [-0.3, -0.25) is 4.99 Å². The number of aliphatic imine (C=N–C) groups is 1. The Hall–Kier alpha value is -1.70. The van der Waals surface area contributed by atoms with Crippen molar-refractivity contribution in [2.24, 2.45) is 4.99 Å². The van der Waals surface area contributed by atoms with E-state index in [-0.39, 0.29) is 29.6 Å². The summed E-state index contributed by atoms with van der Waals surface area (Å²) in [5.41, 5.74) is 0.875. The number of halogens is 1. The van der Waals surface area contributed by atoms with Gasteiger partial charge in [0.2, 0.25) is 0 Å². The van der Waals surface area contributed by atoms with Crippen LogP contribution in [0.15, 0.2) is 52.1 Å². The minimum absolute atomic E-state index is 0. The molecular weight excluding hydrogens is 429 g/mol. The summed E-state index contributed by atoms with van der Waals surface area (Å²) >= 11 is 0. The van der Waals surface area contributed by atoms with Crippen molar-refractivity contribution in [1.82, 2.24) is 10.6 Å². The lowest BCUT2D eigenvalue weighted by Gasteiger charge is -2.23. The average molecular weight is 457 g/mol. The first-order valence-electron chi connectivity index (χ1n) is 8.22. The molecule has 0 bridgehead atoms. The summed E-state index contributed by atoms with van der Waals surface area (Å²) in [6.45, 7) is 7.55. The van der Waals surface area contributed by atoms with Gasteiger partial charge in [-0.05, 0) is 39.0 Å². The molecule has 1 heterocycles. The molecule has 0 saturated heterocycles. The first-order valence-corrected chi connectivity index (χ1v) is 8.22. The first kappa shape index (κ1) is 21.3. The van der Waals surface area contributed by atoms with Crippen LogP contribution in [0.25, 0.3) is 0 Å². The van der Waals surface area contributed by atoms with Crippen molar-refractivity contribution in [3.8, 4) is 5.75 Å². The fraction of sp³-hybridized carbons (Fsp3) is 0.421. The van der Waals surface area contributed by atoms with Gasteiger partial charge in [-0.2, -0.15) is 0 Å². The summed E-state index contributed by atoms with van der Waals surface area (Å²) < 4.78 is 11.3. The number of furan rings is 1. The van der Waals surface area contributed by atoms with E-state index < -0.39 is 0 Å². The van der Waals surface area contributed by atoms with Crippen molar-refractivity contribution in [2.75, 3.05) is 13.6 Å². The molecule has 6 heteroatoms. The van der Waals surface area contributed by atoms with Crippen molar-refractivity contribution in [2.45, 2.75) is 39.3 Å². The Balaban J connectivity index is 0.00000312. The largest absolute Gasteiger partial charge is 0.488 e. The summed E-state index contributed by atoms with van der Waals surface area (Å²) in [7, 11) is 1.76. The second-order valence-electron chi connectivity index (χ2n) is 6.50. The zero-order chi connectivity index (χ0) is 17.4. The van der Waals surface area contributed by atoms with Gasteiger partial charge in [0.25, 0.3) is 0 Å². The molecule has 1 aromatic heterocycles. The van der Waals surface area contributed by atoms with Gasteiger partial charge in [0, 0.05) is 32.1 Å². The number of benzene rings is 1. The highest BCUT2D eigenvalue weighted by molar-refractivity contribution is 14.0. The Kier molecular flexibility index (Phi) is 8.82. The van der Waals surface area contributed by atoms with Crippen LogP contribution in [0.3, 0.4) is 0 Å². The number of rotatable bonds is 6. The lowest BCUT2D eigenvalue weighted by Crippen LogP contribution is -2.38.